The molecule has 2 aromatic carbocycles. The van der Waals surface area contributed by atoms with Gasteiger partial charge in [0.25, 0.3) is 0 Å². The van der Waals surface area contributed by atoms with Crippen LogP contribution in [0.4, 0.5) is 0 Å². The highest BCUT2D eigenvalue weighted by atomic mass is 16.5. The van der Waals surface area contributed by atoms with Crippen molar-refractivity contribution in [3.8, 4) is 11.5 Å². The average Bonchev–Trinajstić information content (AvgIpc) is 2.92. The van der Waals surface area contributed by atoms with Crippen LogP contribution in [0.1, 0.15) is 50.2 Å². The van der Waals surface area contributed by atoms with Gasteiger partial charge in [-0.3, -0.25) is 9.59 Å². The zero-order valence-electron chi connectivity index (χ0n) is 22.3. The van der Waals surface area contributed by atoms with E-state index in [9.17, 15) is 14.4 Å². The van der Waals surface area contributed by atoms with Gasteiger partial charge in [0.15, 0.2) is 5.78 Å². The first-order valence-corrected chi connectivity index (χ1v) is 12.7. The van der Waals surface area contributed by atoms with Gasteiger partial charge in [-0.1, -0.05) is 36.4 Å². The molecular formula is C30H33NO7. The minimum Gasteiger partial charge on any atom is -0.496 e. The predicted octanol–water partition coefficient (Wildman–Crippen LogP) is 4.42. The largest absolute Gasteiger partial charge is 0.496 e. The number of methoxy groups -OCH3 is 2. The summed E-state index contributed by atoms with van der Waals surface area (Å²) in [6.45, 7) is 5.54. The predicted molar refractivity (Wildman–Crippen MR) is 141 cm³/mol. The van der Waals surface area contributed by atoms with Gasteiger partial charge in [0.1, 0.15) is 17.4 Å². The summed E-state index contributed by atoms with van der Waals surface area (Å²) in [5.41, 5.74) is 3.25. The van der Waals surface area contributed by atoms with E-state index in [1.54, 1.807) is 33.9 Å². The third-order valence-electron chi connectivity index (χ3n) is 7.04. The van der Waals surface area contributed by atoms with E-state index in [0.717, 1.165) is 5.56 Å². The van der Waals surface area contributed by atoms with Crippen molar-refractivity contribution in [2.24, 2.45) is 5.92 Å². The van der Waals surface area contributed by atoms with Gasteiger partial charge < -0.3 is 24.3 Å². The van der Waals surface area contributed by atoms with Crippen LogP contribution in [-0.4, -0.2) is 45.2 Å². The van der Waals surface area contributed by atoms with Gasteiger partial charge in [0.05, 0.1) is 38.9 Å². The van der Waals surface area contributed by atoms with E-state index in [1.165, 1.54) is 7.11 Å². The van der Waals surface area contributed by atoms with Gasteiger partial charge in [0, 0.05) is 28.4 Å². The molecule has 1 aliphatic heterocycles. The highest BCUT2D eigenvalue weighted by molar-refractivity contribution is 6.13. The fourth-order valence-corrected chi connectivity index (χ4v) is 5.50. The quantitative estimate of drug-likeness (QED) is 0.404. The molecule has 0 spiro atoms. The van der Waals surface area contributed by atoms with Crippen LogP contribution in [0.25, 0.3) is 0 Å². The molecule has 8 nitrogen and oxygen atoms in total. The summed E-state index contributed by atoms with van der Waals surface area (Å²) < 4.78 is 22.0. The van der Waals surface area contributed by atoms with Crippen molar-refractivity contribution in [2.45, 2.75) is 39.0 Å². The summed E-state index contributed by atoms with van der Waals surface area (Å²) in [6, 6.07) is 14.6. The Labute approximate surface area is 222 Å². The van der Waals surface area contributed by atoms with E-state index in [-0.39, 0.29) is 13.2 Å². The maximum Gasteiger partial charge on any atom is 0.336 e. The Morgan fingerprint density at radius 1 is 0.895 bits per heavy atom. The number of ketones is 1. The number of carbonyl (C=O) groups is 3. The zero-order valence-corrected chi connectivity index (χ0v) is 22.3. The molecule has 4 rings (SSSR count). The monoisotopic (exact) mass is 519 g/mol. The van der Waals surface area contributed by atoms with Gasteiger partial charge in [-0.2, -0.15) is 0 Å². The van der Waals surface area contributed by atoms with Crippen molar-refractivity contribution >= 4 is 17.7 Å². The van der Waals surface area contributed by atoms with Crippen molar-refractivity contribution < 1.29 is 33.3 Å². The Balaban J connectivity index is 1.95. The summed E-state index contributed by atoms with van der Waals surface area (Å²) in [7, 11) is 3.10. The number of hydrogen-bond acceptors (Lipinski definition) is 8. The topological polar surface area (TPSA) is 100 Å². The molecule has 0 saturated heterocycles. The number of nitrogens with one attached hydrogen (secondary N) is 1. The van der Waals surface area contributed by atoms with Crippen molar-refractivity contribution in [1.82, 2.24) is 5.32 Å². The van der Waals surface area contributed by atoms with Gasteiger partial charge in [0.2, 0.25) is 0 Å². The second-order valence-electron chi connectivity index (χ2n) is 9.10. The zero-order chi connectivity index (χ0) is 27.4. The molecule has 200 valence electrons. The molecule has 0 radical (unpaired) electrons. The fourth-order valence-electron chi connectivity index (χ4n) is 5.50. The van der Waals surface area contributed by atoms with Gasteiger partial charge in [-0.15, -0.1) is 0 Å². The molecule has 1 heterocycles. The van der Waals surface area contributed by atoms with Gasteiger partial charge in [-0.05, 0) is 44.9 Å². The molecule has 1 N–H and O–H groups in total. The smallest absolute Gasteiger partial charge is 0.336 e. The van der Waals surface area contributed by atoms with E-state index in [0.29, 0.717) is 46.0 Å². The number of dihydropyridines is 1. The second kappa shape index (κ2) is 11.5. The number of para-hydroxylation sites is 2. The molecule has 0 saturated carbocycles. The lowest BCUT2D eigenvalue weighted by Gasteiger charge is -2.39. The second-order valence-corrected chi connectivity index (χ2v) is 9.10. The molecule has 3 atom stereocenters. The summed E-state index contributed by atoms with van der Waals surface area (Å²) in [6.07, 6.45) is 0.337. The van der Waals surface area contributed by atoms with E-state index in [1.807, 2.05) is 42.5 Å². The van der Waals surface area contributed by atoms with Gasteiger partial charge in [-0.25, -0.2) is 4.79 Å². The van der Waals surface area contributed by atoms with Crippen LogP contribution in [0.2, 0.25) is 0 Å². The number of Topliss-reactive ketones (excluding diaryl/α,β-unsaturated/α-hetero) is 1. The summed E-state index contributed by atoms with van der Waals surface area (Å²) in [5, 5.41) is 3.31. The number of rotatable bonds is 8. The Bertz CT molecular complexity index is 1310. The summed E-state index contributed by atoms with van der Waals surface area (Å²) >= 11 is 0. The summed E-state index contributed by atoms with van der Waals surface area (Å²) in [4.78, 5) is 41.0. The molecule has 2 aromatic rings. The van der Waals surface area contributed by atoms with E-state index < -0.39 is 35.5 Å². The van der Waals surface area contributed by atoms with Crippen molar-refractivity contribution in [3.05, 3.63) is 82.2 Å². The molecule has 8 heteroatoms. The van der Waals surface area contributed by atoms with Crippen LogP contribution in [0.5, 0.6) is 11.5 Å². The van der Waals surface area contributed by atoms with Crippen molar-refractivity contribution in [1.29, 1.82) is 0 Å². The normalized spacial score (nSPS) is 20.9. The lowest BCUT2D eigenvalue weighted by atomic mass is 9.67. The van der Waals surface area contributed by atoms with E-state index in [4.69, 9.17) is 18.9 Å². The number of hydrogen-bond donors (Lipinski definition) is 1. The number of allylic oxidation sites excluding steroid dienone is 3. The van der Waals surface area contributed by atoms with Crippen LogP contribution in [0.3, 0.4) is 0 Å². The molecule has 0 aromatic heterocycles. The number of esters is 2. The minimum atomic E-state index is -1.12. The van der Waals surface area contributed by atoms with E-state index in [2.05, 4.69) is 5.32 Å². The highest BCUT2D eigenvalue weighted by Gasteiger charge is 2.50. The Hall–Kier alpha value is -4.07. The number of carbonyl (C=O) groups excluding carboxylic acids is 3. The lowest BCUT2D eigenvalue weighted by molar-refractivity contribution is -0.152. The molecule has 0 bridgehead atoms. The highest BCUT2D eigenvalue weighted by Crippen LogP contribution is 2.50. The first-order chi connectivity index (χ1) is 18.4. The molecule has 0 fully saturated rings. The molecule has 38 heavy (non-hydrogen) atoms. The molecule has 0 amide bonds. The maximum absolute atomic E-state index is 14.4. The Morgan fingerprint density at radius 2 is 1.47 bits per heavy atom. The first kappa shape index (κ1) is 27.0. The van der Waals surface area contributed by atoms with Crippen LogP contribution < -0.4 is 14.8 Å². The minimum absolute atomic E-state index is 0.133. The van der Waals surface area contributed by atoms with E-state index >= 15 is 0 Å². The summed E-state index contributed by atoms with van der Waals surface area (Å²) in [5.74, 6) is -2.88. The third kappa shape index (κ3) is 4.78. The Morgan fingerprint density at radius 3 is 2.08 bits per heavy atom. The SMILES string of the molecule is CCOC(=O)C1=C(C)NC2=C(C(=O)C(C(=O)OCC)C(c3ccccc3OC)C2)C1c1ccccc1OC. The molecular weight excluding hydrogens is 486 g/mol. The fraction of sp³-hybridized carbons (Fsp3) is 0.367. The molecule has 3 unspecified atom stereocenters. The number of ether oxygens (including phenoxy) is 4. The van der Waals surface area contributed by atoms with Crippen LogP contribution in [-0.2, 0) is 23.9 Å². The lowest BCUT2D eigenvalue weighted by Crippen LogP contribution is -2.43. The third-order valence-corrected chi connectivity index (χ3v) is 7.04. The Kier molecular flexibility index (Phi) is 8.20. The van der Waals surface area contributed by atoms with Crippen LogP contribution in [0.15, 0.2) is 71.1 Å². The van der Waals surface area contributed by atoms with Crippen LogP contribution in [0, 0.1) is 5.92 Å². The maximum atomic E-state index is 14.4. The first-order valence-electron chi connectivity index (χ1n) is 12.7. The number of benzene rings is 2. The van der Waals surface area contributed by atoms with Crippen molar-refractivity contribution in [2.75, 3.05) is 27.4 Å². The molecule has 2 aliphatic rings. The van der Waals surface area contributed by atoms with Crippen LogP contribution >= 0.6 is 0 Å². The van der Waals surface area contributed by atoms with Gasteiger partial charge >= 0.3 is 11.9 Å². The molecule has 1 aliphatic carbocycles. The van der Waals surface area contributed by atoms with Crippen molar-refractivity contribution in [3.63, 3.8) is 0 Å². The average molecular weight is 520 g/mol. The standard InChI is InChI=1S/C30H33NO7/c1-6-37-29(33)24-17(3)31-21-16-20(18-12-8-10-14-22(18)35-4)26(30(34)38-7-2)28(32)27(21)25(24)19-13-9-11-15-23(19)36-5/h8-15,20,25-26,31H,6-7,16H2,1-5H3.